The van der Waals surface area contributed by atoms with Crippen LogP contribution in [0, 0.1) is 5.92 Å². The Balaban J connectivity index is 1.43. The summed E-state index contributed by atoms with van der Waals surface area (Å²) in [6, 6.07) is 23.4. The monoisotopic (exact) mass is 472 g/mol. The van der Waals surface area contributed by atoms with Gasteiger partial charge in [0.2, 0.25) is 0 Å². The van der Waals surface area contributed by atoms with E-state index in [-0.39, 0.29) is 17.9 Å². The Morgan fingerprint density at radius 3 is 2.40 bits per heavy atom. The van der Waals surface area contributed by atoms with E-state index in [2.05, 4.69) is 10.3 Å². The molecule has 2 heterocycles. The number of hydrogen-bond donors (Lipinski definition) is 1. The first-order chi connectivity index (χ1) is 16.8. The number of rotatable bonds is 7. The van der Waals surface area contributed by atoms with Gasteiger partial charge in [-0.05, 0) is 56.9 Å². The molecule has 0 bridgehead atoms. The van der Waals surface area contributed by atoms with Crippen LogP contribution in [0.3, 0.4) is 0 Å². The highest BCUT2D eigenvalue weighted by Crippen LogP contribution is 2.29. The lowest BCUT2D eigenvalue weighted by Gasteiger charge is -2.26. The summed E-state index contributed by atoms with van der Waals surface area (Å²) in [6.45, 7) is 5.47. The average molecular weight is 473 g/mol. The van der Waals surface area contributed by atoms with Crippen LogP contribution in [0.5, 0.6) is 0 Å². The maximum Gasteiger partial charge on any atom is 0.408 e. The molecule has 2 unspecified atom stereocenters. The Kier molecular flexibility index (Phi) is 7.49. The Morgan fingerprint density at radius 1 is 1.03 bits per heavy atom. The van der Waals surface area contributed by atoms with Gasteiger partial charge in [-0.2, -0.15) is 0 Å². The molecule has 0 aliphatic carbocycles. The fourth-order valence-electron chi connectivity index (χ4n) is 4.32. The molecular weight excluding hydrogens is 440 g/mol. The van der Waals surface area contributed by atoms with Crippen LogP contribution < -0.4 is 5.32 Å². The van der Waals surface area contributed by atoms with Gasteiger partial charge < -0.3 is 14.8 Å². The molecule has 1 aliphatic rings. The lowest BCUT2D eigenvalue weighted by molar-refractivity contribution is -0.145. The Bertz CT molecular complexity index is 1120. The number of nitrogens with zero attached hydrogens (tertiary/aromatic N) is 1. The standard InChI is InChI=1S/C29H32N2O4/c1-29(2,3)35-28(33)31-25(18-20-9-5-4-6-10-20)26-19-23(27(32)34-26)17-21-12-14-22(15-13-21)24-11-7-8-16-30-24/h4-16,23,25-26H,17-19H2,1-3H3,(H,31,33)/t23?,25-,26?/m0/s1. The van der Waals surface area contributed by atoms with Crippen molar-refractivity contribution in [3.63, 3.8) is 0 Å². The second-order valence-corrected chi connectivity index (χ2v) is 9.97. The smallest absolute Gasteiger partial charge is 0.408 e. The summed E-state index contributed by atoms with van der Waals surface area (Å²) >= 11 is 0. The topological polar surface area (TPSA) is 77.5 Å². The van der Waals surface area contributed by atoms with E-state index in [9.17, 15) is 9.59 Å². The third kappa shape index (κ3) is 6.92. The number of cyclic esters (lactones) is 1. The molecule has 6 heteroatoms. The average Bonchev–Trinajstić information content (AvgIpc) is 3.19. The number of alkyl carbamates (subject to hydrolysis) is 1. The summed E-state index contributed by atoms with van der Waals surface area (Å²) in [5.41, 5.74) is 3.45. The number of amides is 1. The van der Waals surface area contributed by atoms with Gasteiger partial charge in [-0.25, -0.2) is 4.79 Å². The van der Waals surface area contributed by atoms with Crippen LogP contribution >= 0.6 is 0 Å². The number of nitrogens with one attached hydrogen (secondary N) is 1. The van der Waals surface area contributed by atoms with Crippen molar-refractivity contribution in [3.05, 3.63) is 90.1 Å². The first kappa shape index (κ1) is 24.5. The number of benzene rings is 2. The molecular formula is C29H32N2O4. The van der Waals surface area contributed by atoms with Crippen molar-refractivity contribution in [2.45, 2.75) is 57.8 Å². The minimum absolute atomic E-state index is 0.229. The number of aromatic nitrogens is 1. The van der Waals surface area contributed by atoms with Crippen LogP contribution in [0.4, 0.5) is 4.79 Å². The zero-order valence-corrected chi connectivity index (χ0v) is 20.4. The molecule has 1 fully saturated rings. The molecule has 6 nitrogen and oxygen atoms in total. The first-order valence-corrected chi connectivity index (χ1v) is 12.0. The highest BCUT2D eigenvalue weighted by Gasteiger charge is 2.40. The Hall–Kier alpha value is -3.67. The van der Waals surface area contributed by atoms with Crippen LogP contribution in [0.2, 0.25) is 0 Å². The predicted octanol–water partition coefficient (Wildman–Crippen LogP) is 5.36. The van der Waals surface area contributed by atoms with Gasteiger partial charge in [0.1, 0.15) is 11.7 Å². The lowest BCUT2D eigenvalue weighted by Crippen LogP contribution is -2.46. The number of ether oxygens (including phenoxy) is 2. The third-order valence-corrected chi connectivity index (χ3v) is 5.96. The number of hydrogen-bond acceptors (Lipinski definition) is 5. The lowest BCUT2D eigenvalue weighted by atomic mass is 9.91. The van der Waals surface area contributed by atoms with E-state index >= 15 is 0 Å². The summed E-state index contributed by atoms with van der Waals surface area (Å²) < 4.78 is 11.3. The zero-order chi connectivity index (χ0) is 24.8. The highest BCUT2D eigenvalue weighted by atomic mass is 16.6. The molecule has 1 saturated heterocycles. The van der Waals surface area contributed by atoms with Gasteiger partial charge in [0.25, 0.3) is 0 Å². The van der Waals surface area contributed by atoms with Gasteiger partial charge in [0, 0.05) is 18.2 Å². The summed E-state index contributed by atoms with van der Waals surface area (Å²) in [5.74, 6) is -0.493. The second-order valence-electron chi connectivity index (χ2n) is 9.97. The van der Waals surface area contributed by atoms with E-state index in [1.165, 1.54) is 0 Å². The SMILES string of the molecule is CC(C)(C)OC(=O)N[C@@H](Cc1ccccc1)C1CC(Cc2ccc(-c3ccccn3)cc2)C(=O)O1. The maximum absolute atomic E-state index is 12.8. The summed E-state index contributed by atoms with van der Waals surface area (Å²) in [5, 5.41) is 2.95. The Labute approximate surface area is 206 Å². The summed E-state index contributed by atoms with van der Waals surface area (Å²) in [4.78, 5) is 29.7. The van der Waals surface area contributed by atoms with Crippen molar-refractivity contribution in [1.82, 2.24) is 10.3 Å². The van der Waals surface area contributed by atoms with E-state index in [0.29, 0.717) is 19.3 Å². The molecule has 2 aromatic carbocycles. The van der Waals surface area contributed by atoms with E-state index in [1.807, 2.05) is 93.6 Å². The van der Waals surface area contributed by atoms with Crippen molar-refractivity contribution >= 4 is 12.1 Å². The molecule has 0 saturated carbocycles. The minimum Gasteiger partial charge on any atom is -0.460 e. The highest BCUT2D eigenvalue weighted by molar-refractivity contribution is 5.75. The first-order valence-electron chi connectivity index (χ1n) is 12.0. The van der Waals surface area contributed by atoms with Crippen molar-refractivity contribution in [1.29, 1.82) is 0 Å². The molecule has 35 heavy (non-hydrogen) atoms. The predicted molar refractivity (Wildman–Crippen MR) is 135 cm³/mol. The quantitative estimate of drug-likeness (QED) is 0.469. The Morgan fingerprint density at radius 2 is 1.74 bits per heavy atom. The fraction of sp³-hybridized carbons (Fsp3) is 0.345. The number of carbonyl (C=O) groups is 2. The van der Waals surface area contributed by atoms with Crippen LogP contribution in [-0.4, -0.2) is 34.8 Å². The van der Waals surface area contributed by atoms with Gasteiger partial charge in [-0.3, -0.25) is 9.78 Å². The van der Waals surface area contributed by atoms with Gasteiger partial charge in [-0.1, -0.05) is 60.7 Å². The van der Waals surface area contributed by atoms with E-state index in [0.717, 1.165) is 22.4 Å². The van der Waals surface area contributed by atoms with Crippen molar-refractivity contribution in [2.75, 3.05) is 0 Å². The maximum atomic E-state index is 12.8. The molecule has 4 rings (SSSR count). The third-order valence-electron chi connectivity index (χ3n) is 5.96. The zero-order valence-electron chi connectivity index (χ0n) is 20.4. The van der Waals surface area contributed by atoms with E-state index < -0.39 is 17.8 Å². The normalized spacial score (nSPS) is 18.5. The van der Waals surface area contributed by atoms with E-state index in [4.69, 9.17) is 9.47 Å². The molecule has 0 radical (unpaired) electrons. The number of esters is 1. The van der Waals surface area contributed by atoms with Crippen molar-refractivity contribution < 1.29 is 19.1 Å². The number of carbonyl (C=O) groups excluding carboxylic acids is 2. The van der Waals surface area contributed by atoms with Crippen molar-refractivity contribution in [2.24, 2.45) is 5.92 Å². The largest absolute Gasteiger partial charge is 0.460 e. The second kappa shape index (κ2) is 10.7. The molecule has 0 spiro atoms. The molecule has 1 aliphatic heterocycles. The van der Waals surface area contributed by atoms with Gasteiger partial charge in [-0.15, -0.1) is 0 Å². The van der Waals surface area contributed by atoms with Crippen LogP contribution in [-0.2, 0) is 27.1 Å². The summed E-state index contributed by atoms with van der Waals surface area (Å²) in [6.07, 6.45) is 2.51. The van der Waals surface area contributed by atoms with E-state index in [1.54, 1.807) is 6.20 Å². The van der Waals surface area contributed by atoms with Crippen molar-refractivity contribution in [3.8, 4) is 11.3 Å². The molecule has 1 amide bonds. The molecule has 3 aromatic rings. The molecule has 1 N–H and O–H groups in total. The van der Waals surface area contributed by atoms with Gasteiger partial charge >= 0.3 is 12.1 Å². The molecule has 182 valence electrons. The van der Waals surface area contributed by atoms with Gasteiger partial charge in [0.05, 0.1) is 17.7 Å². The molecule has 1 aromatic heterocycles. The van der Waals surface area contributed by atoms with Crippen LogP contribution in [0.15, 0.2) is 79.0 Å². The van der Waals surface area contributed by atoms with Crippen LogP contribution in [0.25, 0.3) is 11.3 Å². The minimum atomic E-state index is -0.613. The van der Waals surface area contributed by atoms with Crippen LogP contribution in [0.1, 0.15) is 38.3 Å². The molecule has 3 atom stereocenters. The summed E-state index contributed by atoms with van der Waals surface area (Å²) in [7, 11) is 0. The number of pyridine rings is 1. The fourth-order valence-corrected chi connectivity index (χ4v) is 4.32. The van der Waals surface area contributed by atoms with Gasteiger partial charge in [0.15, 0.2) is 0 Å².